The Hall–Kier alpha value is -2.80. The molecule has 0 spiro atoms. The third-order valence-corrected chi connectivity index (χ3v) is 12.9. The van der Waals surface area contributed by atoms with Crippen LogP contribution < -0.4 is 0 Å². The van der Waals surface area contributed by atoms with Crippen molar-refractivity contribution >= 4 is 0 Å². The molecule has 0 radical (unpaired) electrons. The van der Waals surface area contributed by atoms with Crippen molar-refractivity contribution in [1.29, 1.82) is 0 Å². The maximum Gasteiger partial charge on any atom is 0.0854 e. The van der Waals surface area contributed by atoms with E-state index in [1.54, 1.807) is 0 Å². The van der Waals surface area contributed by atoms with Gasteiger partial charge in [-0.2, -0.15) is 0 Å². The number of allylic oxidation sites excluding steroid dienone is 19. The summed E-state index contributed by atoms with van der Waals surface area (Å²) in [4.78, 5) is 0. The van der Waals surface area contributed by atoms with Gasteiger partial charge in [0.1, 0.15) is 0 Å². The van der Waals surface area contributed by atoms with Crippen molar-refractivity contribution in [2.24, 2.45) is 5.92 Å². The molecule has 0 rings (SSSR count). The SMILES string of the molecule is C=C(O)CC/C(C)=C/CC/C(C)=C/CC/C=C(\C)CC/C=C(\C)CCC=C(C)C.CCCCC/C=C\C/C=C\CCCCCCCCC(C)CCCCCCCC/C=C\C/C=C\CCCCC. The lowest BCUT2D eigenvalue weighted by atomic mass is 9.96. The highest BCUT2D eigenvalue weighted by Gasteiger charge is 2.02. The Labute approximate surface area is 421 Å². The van der Waals surface area contributed by atoms with E-state index < -0.39 is 0 Å². The zero-order valence-corrected chi connectivity index (χ0v) is 46.7. The predicted octanol–water partition coefficient (Wildman–Crippen LogP) is 23.7. The summed E-state index contributed by atoms with van der Waals surface area (Å²) in [6, 6.07) is 0. The van der Waals surface area contributed by atoms with Gasteiger partial charge in [-0.05, 0) is 169 Å². The molecule has 0 aromatic carbocycles. The van der Waals surface area contributed by atoms with Crippen LogP contribution in [0.1, 0.15) is 293 Å². The zero-order chi connectivity index (χ0) is 49.7. The quantitative estimate of drug-likeness (QED) is 0.0367. The summed E-state index contributed by atoms with van der Waals surface area (Å²) in [6.45, 7) is 23.8. The second kappa shape index (κ2) is 54.1. The van der Waals surface area contributed by atoms with Crippen LogP contribution in [0.25, 0.3) is 0 Å². The Balaban J connectivity index is 0. The number of unbranched alkanes of at least 4 members (excludes halogenated alkanes) is 19. The maximum atomic E-state index is 9.15. The highest BCUT2D eigenvalue weighted by molar-refractivity contribution is 5.08. The number of aliphatic hydroxyl groups is 1. The molecular weight excluding hydrogens is 809 g/mol. The van der Waals surface area contributed by atoms with E-state index in [2.05, 4.69) is 148 Å². The molecule has 0 unspecified atom stereocenters. The van der Waals surface area contributed by atoms with Gasteiger partial charge in [-0.1, -0.05) is 237 Å². The summed E-state index contributed by atoms with van der Waals surface area (Å²) in [7, 11) is 0. The molecule has 0 heterocycles. The monoisotopic (exact) mass is 925 g/mol. The fourth-order valence-electron chi connectivity index (χ4n) is 8.20. The lowest BCUT2D eigenvalue weighted by molar-refractivity contribution is 0.391. The smallest absolute Gasteiger partial charge is 0.0854 e. The Kier molecular flexibility index (Phi) is 53.6. The van der Waals surface area contributed by atoms with Gasteiger partial charge in [0.05, 0.1) is 5.76 Å². The van der Waals surface area contributed by atoms with Crippen LogP contribution in [0.2, 0.25) is 0 Å². The van der Waals surface area contributed by atoms with Crippen LogP contribution >= 0.6 is 0 Å². The molecule has 0 atom stereocenters. The maximum absolute atomic E-state index is 9.15. The molecule has 0 aliphatic rings. The van der Waals surface area contributed by atoms with Crippen LogP contribution in [-0.2, 0) is 0 Å². The number of aliphatic hydroxyl groups excluding tert-OH is 1. The van der Waals surface area contributed by atoms with Gasteiger partial charge in [0.25, 0.3) is 0 Å². The molecule has 386 valence electrons. The van der Waals surface area contributed by atoms with Gasteiger partial charge in [0, 0.05) is 6.42 Å². The van der Waals surface area contributed by atoms with Crippen molar-refractivity contribution in [1.82, 2.24) is 0 Å². The van der Waals surface area contributed by atoms with Crippen LogP contribution in [0, 0.1) is 5.92 Å². The number of hydrogen-bond acceptors (Lipinski definition) is 1. The molecular formula is C66H116O. The Bertz CT molecular complexity index is 1320. The first-order valence-corrected chi connectivity index (χ1v) is 28.7. The molecule has 67 heavy (non-hydrogen) atoms. The largest absolute Gasteiger partial charge is 0.513 e. The van der Waals surface area contributed by atoms with Gasteiger partial charge in [-0.3, -0.25) is 0 Å². The summed E-state index contributed by atoms with van der Waals surface area (Å²) in [5, 5.41) is 9.15. The fourth-order valence-corrected chi connectivity index (χ4v) is 8.20. The van der Waals surface area contributed by atoms with Crippen molar-refractivity contribution in [2.75, 3.05) is 0 Å². The number of rotatable bonds is 45. The molecule has 0 amide bonds. The Morgan fingerprint density at radius 2 is 0.672 bits per heavy atom. The van der Waals surface area contributed by atoms with Crippen molar-refractivity contribution in [3.8, 4) is 0 Å². The molecule has 1 heteroatoms. The van der Waals surface area contributed by atoms with Gasteiger partial charge in [-0.25, -0.2) is 0 Å². The topological polar surface area (TPSA) is 20.2 Å². The van der Waals surface area contributed by atoms with Crippen LogP contribution in [0.15, 0.2) is 119 Å². The second-order valence-electron chi connectivity index (χ2n) is 20.6. The lowest BCUT2D eigenvalue weighted by Crippen LogP contribution is -1.95. The van der Waals surface area contributed by atoms with E-state index in [4.69, 9.17) is 5.11 Å². The molecule has 0 saturated heterocycles. The standard InChI is InChI=1S/C38H70.C28H46O/c1-4-6-8-10-12-14-16-18-20-22-24-26-28-30-32-34-36-38(3)37-35-33-31-29-27-25-23-21-19-17-15-13-11-9-7-5-2;1-23(2)13-10-16-26(5)19-11-17-24(3)14-8-9-15-25(4)18-12-20-27(6)21-22-28(7)29/h12-15,18-21,38H,4-11,16-17,22-37H2,1-3H3;13-15,19-20,29H,7-12,16-18,21-22H2,1-6H3/b14-12-,15-13-,20-18-,21-19-;24-14+,25-15+,26-19+,27-20+. The summed E-state index contributed by atoms with van der Waals surface area (Å²) in [5.74, 6) is 1.22. The van der Waals surface area contributed by atoms with Gasteiger partial charge in [-0.15, -0.1) is 0 Å². The Morgan fingerprint density at radius 1 is 0.358 bits per heavy atom. The fraction of sp³-hybridized carbons (Fsp3) is 0.697. The highest BCUT2D eigenvalue weighted by Crippen LogP contribution is 2.20. The van der Waals surface area contributed by atoms with E-state index in [1.807, 2.05) is 0 Å². The van der Waals surface area contributed by atoms with E-state index in [0.717, 1.165) is 57.3 Å². The van der Waals surface area contributed by atoms with Crippen LogP contribution in [0.5, 0.6) is 0 Å². The molecule has 0 aliphatic carbocycles. The van der Waals surface area contributed by atoms with E-state index in [9.17, 15) is 0 Å². The van der Waals surface area contributed by atoms with E-state index in [-0.39, 0.29) is 5.76 Å². The summed E-state index contributed by atoms with van der Waals surface area (Å²) < 4.78 is 0. The molecule has 0 aromatic heterocycles. The van der Waals surface area contributed by atoms with E-state index >= 15 is 0 Å². The lowest BCUT2D eigenvalue weighted by Gasteiger charge is -2.11. The second-order valence-corrected chi connectivity index (χ2v) is 20.6. The zero-order valence-electron chi connectivity index (χ0n) is 46.7. The summed E-state index contributed by atoms with van der Waals surface area (Å²) >= 11 is 0. The average molecular weight is 926 g/mol. The van der Waals surface area contributed by atoms with E-state index in [0.29, 0.717) is 6.42 Å². The first kappa shape index (κ1) is 66.3. The van der Waals surface area contributed by atoms with Crippen molar-refractivity contribution in [3.63, 3.8) is 0 Å². The van der Waals surface area contributed by atoms with Gasteiger partial charge in [0.15, 0.2) is 0 Å². The highest BCUT2D eigenvalue weighted by atomic mass is 16.3. The van der Waals surface area contributed by atoms with Crippen molar-refractivity contribution in [3.05, 3.63) is 119 Å². The van der Waals surface area contributed by atoms with Gasteiger partial charge in [0.2, 0.25) is 0 Å². The molecule has 1 N–H and O–H groups in total. The minimum absolute atomic E-state index is 0.280. The first-order chi connectivity index (χ1) is 32.5. The van der Waals surface area contributed by atoms with Crippen molar-refractivity contribution < 1.29 is 5.11 Å². The third-order valence-electron chi connectivity index (χ3n) is 12.9. The average Bonchev–Trinajstić information content (AvgIpc) is 3.29. The molecule has 0 saturated carbocycles. The van der Waals surface area contributed by atoms with Crippen molar-refractivity contribution in [2.45, 2.75) is 293 Å². The molecule has 0 bridgehead atoms. The van der Waals surface area contributed by atoms with Gasteiger partial charge < -0.3 is 5.11 Å². The predicted molar refractivity (Wildman–Crippen MR) is 310 cm³/mol. The molecule has 0 aliphatic heterocycles. The number of hydrogen-bond donors (Lipinski definition) is 1. The molecule has 0 aromatic rings. The normalized spacial score (nSPS) is 13.0. The third kappa shape index (κ3) is 59.3. The van der Waals surface area contributed by atoms with Crippen LogP contribution in [0.3, 0.4) is 0 Å². The van der Waals surface area contributed by atoms with E-state index in [1.165, 1.54) is 201 Å². The molecule has 0 fully saturated rings. The summed E-state index contributed by atoms with van der Waals surface area (Å²) in [6.07, 6.45) is 76.9. The minimum Gasteiger partial charge on any atom is -0.513 e. The molecule has 1 nitrogen and oxygen atoms in total. The van der Waals surface area contributed by atoms with Gasteiger partial charge >= 0.3 is 0 Å². The van der Waals surface area contributed by atoms with Crippen LogP contribution in [0.4, 0.5) is 0 Å². The Morgan fingerprint density at radius 3 is 1.03 bits per heavy atom. The minimum atomic E-state index is 0.280. The summed E-state index contributed by atoms with van der Waals surface area (Å²) in [5.41, 5.74) is 7.25. The first-order valence-electron chi connectivity index (χ1n) is 28.7. The van der Waals surface area contributed by atoms with Crippen LogP contribution in [-0.4, -0.2) is 5.11 Å².